The first kappa shape index (κ1) is 21.7. The van der Waals surface area contributed by atoms with Gasteiger partial charge in [0.05, 0.1) is 0 Å². The fraction of sp³-hybridized carbons (Fsp3) is 0.0370. The number of hydrogen-bond acceptors (Lipinski definition) is 5. The molecule has 5 aromatic rings. The molecule has 0 aliphatic heterocycles. The van der Waals surface area contributed by atoms with E-state index in [9.17, 15) is 4.39 Å². The summed E-state index contributed by atoms with van der Waals surface area (Å²) in [5, 5.41) is 12.5. The van der Waals surface area contributed by atoms with Crippen molar-refractivity contribution in [3.05, 3.63) is 125 Å². The Morgan fingerprint density at radius 2 is 1.41 bits per heavy atom. The lowest BCUT2D eigenvalue weighted by atomic mass is 10.1. The van der Waals surface area contributed by atoms with E-state index >= 15 is 0 Å². The SMILES string of the molecule is Fc1ccc([C@@H](Nc2ccc(Oc3ccc(Cl)cc3)cc2)c2nnc(-c3ccccc3)o2)cc1. The molecule has 0 unspecified atom stereocenters. The monoisotopic (exact) mass is 471 g/mol. The maximum atomic E-state index is 13.6. The molecule has 4 aromatic carbocycles. The minimum atomic E-state index is -0.478. The molecule has 0 amide bonds. The summed E-state index contributed by atoms with van der Waals surface area (Å²) in [6.45, 7) is 0. The topological polar surface area (TPSA) is 60.2 Å². The summed E-state index contributed by atoms with van der Waals surface area (Å²) in [6.07, 6.45) is 0. The van der Waals surface area contributed by atoms with Gasteiger partial charge >= 0.3 is 0 Å². The van der Waals surface area contributed by atoms with Crippen molar-refractivity contribution in [3.63, 3.8) is 0 Å². The van der Waals surface area contributed by atoms with Crippen LogP contribution in [0.3, 0.4) is 0 Å². The van der Waals surface area contributed by atoms with Crippen molar-refractivity contribution >= 4 is 17.3 Å². The van der Waals surface area contributed by atoms with E-state index in [1.807, 2.05) is 54.6 Å². The lowest BCUT2D eigenvalue weighted by Crippen LogP contribution is -2.13. The van der Waals surface area contributed by atoms with Crippen LogP contribution >= 0.6 is 11.6 Å². The Bertz CT molecular complexity index is 1360. The second-order valence-corrected chi connectivity index (χ2v) is 7.96. The Labute approximate surface area is 200 Å². The Morgan fingerprint density at radius 1 is 0.765 bits per heavy atom. The third-order valence-corrected chi connectivity index (χ3v) is 5.38. The highest BCUT2D eigenvalue weighted by Crippen LogP contribution is 2.30. The van der Waals surface area contributed by atoms with Crippen molar-refractivity contribution in [2.24, 2.45) is 0 Å². The summed E-state index contributed by atoms with van der Waals surface area (Å²) < 4.78 is 25.4. The maximum absolute atomic E-state index is 13.6. The molecule has 0 saturated heterocycles. The molecule has 0 bridgehead atoms. The largest absolute Gasteiger partial charge is 0.457 e. The molecule has 0 aliphatic rings. The van der Waals surface area contributed by atoms with Crippen molar-refractivity contribution in [1.29, 1.82) is 0 Å². The van der Waals surface area contributed by atoms with Crippen molar-refractivity contribution in [3.8, 4) is 23.0 Å². The average Bonchev–Trinajstić information content (AvgIpc) is 3.36. The number of nitrogens with zero attached hydrogens (tertiary/aromatic N) is 2. The fourth-order valence-corrected chi connectivity index (χ4v) is 3.54. The minimum Gasteiger partial charge on any atom is -0.457 e. The second kappa shape index (κ2) is 9.77. The number of nitrogens with one attached hydrogen (secondary N) is 1. The molecule has 1 N–H and O–H groups in total. The van der Waals surface area contributed by atoms with E-state index in [0.717, 1.165) is 16.8 Å². The number of aromatic nitrogens is 2. The molecule has 0 aliphatic carbocycles. The van der Waals surface area contributed by atoms with Crippen molar-refractivity contribution < 1.29 is 13.5 Å². The van der Waals surface area contributed by atoms with E-state index in [1.165, 1.54) is 12.1 Å². The van der Waals surface area contributed by atoms with Crippen molar-refractivity contribution in [1.82, 2.24) is 10.2 Å². The molecule has 5 rings (SSSR count). The van der Waals surface area contributed by atoms with Crippen LogP contribution in [-0.4, -0.2) is 10.2 Å². The van der Waals surface area contributed by atoms with Gasteiger partial charge in [-0.25, -0.2) is 4.39 Å². The maximum Gasteiger partial charge on any atom is 0.247 e. The van der Waals surface area contributed by atoms with Gasteiger partial charge in [-0.3, -0.25) is 0 Å². The van der Waals surface area contributed by atoms with Crippen LogP contribution in [0.15, 0.2) is 108 Å². The highest BCUT2D eigenvalue weighted by molar-refractivity contribution is 6.30. The molecule has 7 heteroatoms. The van der Waals surface area contributed by atoms with Gasteiger partial charge in [-0.05, 0) is 78.4 Å². The van der Waals surface area contributed by atoms with Gasteiger partial charge in [0.25, 0.3) is 0 Å². The van der Waals surface area contributed by atoms with E-state index in [0.29, 0.717) is 28.3 Å². The summed E-state index contributed by atoms with van der Waals surface area (Å²) in [7, 11) is 0. The van der Waals surface area contributed by atoms with Crippen LogP contribution in [0.4, 0.5) is 10.1 Å². The number of halogens is 2. The molecule has 0 radical (unpaired) electrons. The molecule has 34 heavy (non-hydrogen) atoms. The first-order valence-corrected chi connectivity index (χ1v) is 11.0. The van der Waals surface area contributed by atoms with E-state index in [1.54, 1.807) is 36.4 Å². The van der Waals surface area contributed by atoms with Gasteiger partial charge in [0.1, 0.15) is 23.4 Å². The molecule has 1 heterocycles. The van der Waals surface area contributed by atoms with Gasteiger partial charge < -0.3 is 14.5 Å². The normalized spacial score (nSPS) is 11.7. The third-order valence-electron chi connectivity index (χ3n) is 5.13. The molecule has 5 nitrogen and oxygen atoms in total. The Balaban J connectivity index is 1.39. The highest BCUT2D eigenvalue weighted by Gasteiger charge is 2.22. The van der Waals surface area contributed by atoms with Crippen LogP contribution in [0.5, 0.6) is 11.5 Å². The summed E-state index contributed by atoms with van der Waals surface area (Å²) >= 11 is 5.93. The van der Waals surface area contributed by atoms with Crippen LogP contribution in [0.25, 0.3) is 11.5 Å². The van der Waals surface area contributed by atoms with E-state index in [-0.39, 0.29) is 5.82 Å². The van der Waals surface area contributed by atoms with E-state index in [4.69, 9.17) is 20.8 Å². The standard InChI is InChI=1S/C27H19ClFN3O2/c28-20-8-14-23(15-9-20)33-24-16-12-22(13-17-24)30-25(18-6-10-21(29)11-7-18)27-32-31-26(34-27)19-4-2-1-3-5-19/h1-17,25,30H/t25-/m1/s1. The zero-order chi connectivity index (χ0) is 23.3. The van der Waals surface area contributed by atoms with Crippen LogP contribution in [0.1, 0.15) is 17.5 Å². The molecule has 168 valence electrons. The molecule has 0 fully saturated rings. The summed E-state index contributed by atoms with van der Waals surface area (Å²) in [5.74, 6) is 1.83. The summed E-state index contributed by atoms with van der Waals surface area (Å²) in [6, 6.07) is 29.9. The van der Waals surface area contributed by atoms with Crippen molar-refractivity contribution in [2.45, 2.75) is 6.04 Å². The lowest BCUT2D eigenvalue weighted by molar-refractivity contribution is 0.482. The second-order valence-electron chi connectivity index (χ2n) is 7.52. The summed E-state index contributed by atoms with van der Waals surface area (Å²) in [5.41, 5.74) is 2.41. The molecule has 1 aromatic heterocycles. The van der Waals surface area contributed by atoms with Crippen LogP contribution < -0.4 is 10.1 Å². The Kier molecular flexibility index (Phi) is 6.23. The van der Waals surface area contributed by atoms with Gasteiger partial charge in [-0.1, -0.05) is 41.9 Å². The third kappa shape index (κ3) is 5.08. The number of ether oxygens (including phenoxy) is 1. The highest BCUT2D eigenvalue weighted by atomic mass is 35.5. The number of anilines is 1. The van der Waals surface area contributed by atoms with Gasteiger partial charge in [-0.15, -0.1) is 10.2 Å². The Morgan fingerprint density at radius 3 is 2.09 bits per heavy atom. The number of hydrogen-bond donors (Lipinski definition) is 1. The zero-order valence-corrected chi connectivity index (χ0v) is 18.6. The average molecular weight is 472 g/mol. The van der Waals surface area contributed by atoms with Crippen LogP contribution in [0.2, 0.25) is 5.02 Å². The molecule has 0 spiro atoms. The van der Waals surface area contributed by atoms with E-state index < -0.39 is 6.04 Å². The molecular formula is C27H19ClFN3O2. The van der Waals surface area contributed by atoms with Gasteiger partial charge in [0, 0.05) is 16.3 Å². The van der Waals surface area contributed by atoms with Gasteiger partial charge in [0.2, 0.25) is 11.8 Å². The summed E-state index contributed by atoms with van der Waals surface area (Å²) in [4.78, 5) is 0. The van der Waals surface area contributed by atoms with Crippen LogP contribution in [-0.2, 0) is 0 Å². The predicted molar refractivity (Wildman–Crippen MR) is 130 cm³/mol. The van der Waals surface area contributed by atoms with Gasteiger partial charge in [-0.2, -0.15) is 0 Å². The van der Waals surface area contributed by atoms with Crippen LogP contribution in [0, 0.1) is 5.82 Å². The predicted octanol–water partition coefficient (Wildman–Crippen LogP) is 7.52. The van der Waals surface area contributed by atoms with Crippen molar-refractivity contribution in [2.75, 3.05) is 5.32 Å². The molecular weight excluding hydrogens is 453 g/mol. The van der Waals surface area contributed by atoms with Gasteiger partial charge in [0.15, 0.2) is 0 Å². The first-order valence-electron chi connectivity index (χ1n) is 10.6. The number of rotatable bonds is 7. The Hall–Kier alpha value is -4.16. The fourth-order valence-electron chi connectivity index (χ4n) is 3.42. The number of benzene rings is 4. The molecule has 1 atom stereocenters. The quantitative estimate of drug-likeness (QED) is 0.266. The minimum absolute atomic E-state index is 0.318. The first-order chi connectivity index (χ1) is 16.6. The zero-order valence-electron chi connectivity index (χ0n) is 17.9. The smallest absolute Gasteiger partial charge is 0.247 e. The lowest BCUT2D eigenvalue weighted by Gasteiger charge is -2.17. The molecule has 0 saturated carbocycles. The van der Waals surface area contributed by atoms with E-state index in [2.05, 4.69) is 15.5 Å².